The van der Waals surface area contributed by atoms with E-state index in [1.807, 2.05) is 0 Å². The molecular formula is C11H21N3O3S. The number of carbonyl (C=O) groups is 1. The van der Waals surface area contributed by atoms with Gasteiger partial charge < -0.3 is 10.6 Å². The standard InChI is InChI=1S/C11H21N3O3S/c1-9-6-14(4-3-12-9)7-11(15)13-10-2-5-18(16,17)8-10/h9-10,12H,2-8H2,1H3,(H,13,15). The van der Waals surface area contributed by atoms with E-state index < -0.39 is 9.84 Å². The summed E-state index contributed by atoms with van der Waals surface area (Å²) in [5.74, 6) is 0.227. The number of rotatable bonds is 3. The van der Waals surface area contributed by atoms with Gasteiger partial charge in [-0.2, -0.15) is 0 Å². The molecule has 0 aromatic carbocycles. The summed E-state index contributed by atoms with van der Waals surface area (Å²) in [5.41, 5.74) is 0. The van der Waals surface area contributed by atoms with E-state index in [0.717, 1.165) is 19.6 Å². The van der Waals surface area contributed by atoms with Crippen molar-refractivity contribution in [1.82, 2.24) is 15.5 Å². The molecule has 2 N–H and O–H groups in total. The van der Waals surface area contributed by atoms with Crippen LogP contribution in [0.1, 0.15) is 13.3 Å². The number of nitrogens with one attached hydrogen (secondary N) is 2. The summed E-state index contributed by atoms with van der Waals surface area (Å²) in [5, 5.41) is 6.13. The zero-order valence-corrected chi connectivity index (χ0v) is 11.5. The van der Waals surface area contributed by atoms with Gasteiger partial charge in [-0.1, -0.05) is 0 Å². The number of sulfone groups is 1. The molecule has 0 saturated carbocycles. The van der Waals surface area contributed by atoms with Gasteiger partial charge in [-0.05, 0) is 13.3 Å². The Hall–Kier alpha value is -0.660. The van der Waals surface area contributed by atoms with Crippen molar-refractivity contribution in [3.8, 4) is 0 Å². The summed E-state index contributed by atoms with van der Waals surface area (Å²) in [6.45, 7) is 5.07. The molecule has 104 valence electrons. The second kappa shape index (κ2) is 5.54. The van der Waals surface area contributed by atoms with E-state index in [2.05, 4.69) is 22.5 Å². The molecule has 2 heterocycles. The smallest absolute Gasteiger partial charge is 0.234 e. The minimum Gasteiger partial charge on any atom is -0.351 e. The minimum absolute atomic E-state index is 0.0637. The first-order valence-corrected chi connectivity index (χ1v) is 8.22. The number of hydrogen-bond acceptors (Lipinski definition) is 5. The van der Waals surface area contributed by atoms with Crippen LogP contribution in [-0.2, 0) is 14.6 Å². The minimum atomic E-state index is -2.92. The van der Waals surface area contributed by atoms with Gasteiger partial charge in [0.05, 0.1) is 18.1 Å². The van der Waals surface area contributed by atoms with Crippen LogP contribution in [0, 0.1) is 0 Å². The van der Waals surface area contributed by atoms with E-state index in [-0.39, 0.29) is 23.5 Å². The normalized spacial score (nSPS) is 32.3. The highest BCUT2D eigenvalue weighted by Gasteiger charge is 2.29. The maximum atomic E-state index is 11.8. The van der Waals surface area contributed by atoms with E-state index in [0.29, 0.717) is 19.0 Å². The molecule has 0 spiro atoms. The van der Waals surface area contributed by atoms with Crippen LogP contribution >= 0.6 is 0 Å². The highest BCUT2D eigenvalue weighted by atomic mass is 32.2. The first kappa shape index (κ1) is 13.8. The highest BCUT2D eigenvalue weighted by Crippen LogP contribution is 2.11. The van der Waals surface area contributed by atoms with Crippen molar-refractivity contribution >= 4 is 15.7 Å². The van der Waals surface area contributed by atoms with E-state index in [4.69, 9.17) is 0 Å². The molecule has 2 aliphatic rings. The van der Waals surface area contributed by atoms with Crippen molar-refractivity contribution in [3.05, 3.63) is 0 Å². The number of amides is 1. The molecule has 0 radical (unpaired) electrons. The lowest BCUT2D eigenvalue weighted by atomic mass is 10.2. The Bertz CT molecular complexity index is 410. The van der Waals surface area contributed by atoms with Gasteiger partial charge in [0.25, 0.3) is 0 Å². The molecule has 2 saturated heterocycles. The van der Waals surface area contributed by atoms with Gasteiger partial charge in [0.2, 0.25) is 5.91 Å². The second-order valence-corrected chi connectivity index (χ2v) is 7.49. The van der Waals surface area contributed by atoms with E-state index in [1.54, 1.807) is 0 Å². The first-order chi connectivity index (χ1) is 8.44. The zero-order valence-electron chi connectivity index (χ0n) is 10.7. The predicted molar refractivity (Wildman–Crippen MR) is 69.1 cm³/mol. The molecule has 7 heteroatoms. The van der Waals surface area contributed by atoms with Crippen LogP contribution in [0.4, 0.5) is 0 Å². The summed E-state index contributed by atoms with van der Waals surface area (Å²) in [4.78, 5) is 13.9. The fourth-order valence-electron chi connectivity index (χ4n) is 2.54. The van der Waals surface area contributed by atoms with Crippen LogP contribution in [-0.4, -0.2) is 69.0 Å². The maximum Gasteiger partial charge on any atom is 0.234 e. The van der Waals surface area contributed by atoms with Gasteiger partial charge in [0.15, 0.2) is 9.84 Å². The molecule has 18 heavy (non-hydrogen) atoms. The quantitative estimate of drug-likeness (QED) is 0.661. The monoisotopic (exact) mass is 275 g/mol. The fourth-order valence-corrected chi connectivity index (χ4v) is 4.21. The van der Waals surface area contributed by atoms with Gasteiger partial charge in [-0.25, -0.2) is 8.42 Å². The number of carbonyl (C=O) groups excluding carboxylic acids is 1. The van der Waals surface area contributed by atoms with Crippen LogP contribution < -0.4 is 10.6 Å². The van der Waals surface area contributed by atoms with Crippen LogP contribution in [0.5, 0.6) is 0 Å². The number of nitrogens with zero attached hydrogens (tertiary/aromatic N) is 1. The summed E-state index contributed by atoms with van der Waals surface area (Å²) < 4.78 is 22.6. The summed E-state index contributed by atoms with van der Waals surface area (Å²) >= 11 is 0. The van der Waals surface area contributed by atoms with E-state index >= 15 is 0 Å². The fraction of sp³-hybridized carbons (Fsp3) is 0.909. The van der Waals surface area contributed by atoms with Crippen LogP contribution in [0.25, 0.3) is 0 Å². The lowest BCUT2D eigenvalue weighted by molar-refractivity contribution is -0.123. The Morgan fingerprint density at radius 1 is 1.50 bits per heavy atom. The molecule has 0 aliphatic carbocycles. The summed E-state index contributed by atoms with van der Waals surface area (Å²) in [6, 6.07) is 0.209. The molecule has 0 aromatic heterocycles. The summed E-state index contributed by atoms with van der Waals surface area (Å²) in [7, 11) is -2.92. The molecule has 2 fully saturated rings. The lowest BCUT2D eigenvalue weighted by Crippen LogP contribution is -2.52. The third-order valence-electron chi connectivity index (χ3n) is 3.42. The van der Waals surface area contributed by atoms with Gasteiger partial charge in [0.1, 0.15) is 0 Å². The van der Waals surface area contributed by atoms with Crippen molar-refractivity contribution in [2.75, 3.05) is 37.7 Å². The Balaban J connectivity index is 1.75. The Kier molecular flexibility index (Phi) is 4.24. The Morgan fingerprint density at radius 2 is 2.28 bits per heavy atom. The molecule has 2 rings (SSSR count). The SMILES string of the molecule is CC1CN(CC(=O)NC2CCS(=O)(=O)C2)CCN1. The first-order valence-electron chi connectivity index (χ1n) is 6.40. The lowest BCUT2D eigenvalue weighted by Gasteiger charge is -2.31. The summed E-state index contributed by atoms with van der Waals surface area (Å²) in [6.07, 6.45) is 0.548. The molecular weight excluding hydrogens is 254 g/mol. The van der Waals surface area contributed by atoms with Crippen LogP contribution in [0.3, 0.4) is 0 Å². The largest absolute Gasteiger partial charge is 0.351 e. The van der Waals surface area contributed by atoms with Crippen LogP contribution in [0.15, 0.2) is 0 Å². The molecule has 6 nitrogen and oxygen atoms in total. The van der Waals surface area contributed by atoms with Crippen molar-refractivity contribution < 1.29 is 13.2 Å². The molecule has 0 aromatic rings. The highest BCUT2D eigenvalue weighted by molar-refractivity contribution is 7.91. The van der Waals surface area contributed by atoms with Gasteiger partial charge in [-0.15, -0.1) is 0 Å². The predicted octanol–water partition coefficient (Wildman–Crippen LogP) is -1.42. The number of hydrogen-bond donors (Lipinski definition) is 2. The molecule has 0 bridgehead atoms. The maximum absolute atomic E-state index is 11.8. The zero-order chi connectivity index (χ0) is 13.2. The average Bonchev–Trinajstić information content (AvgIpc) is 2.57. The van der Waals surface area contributed by atoms with Crippen molar-refractivity contribution in [1.29, 1.82) is 0 Å². The topological polar surface area (TPSA) is 78.5 Å². The molecule has 2 atom stereocenters. The average molecular weight is 275 g/mol. The van der Waals surface area contributed by atoms with Crippen molar-refractivity contribution in [3.63, 3.8) is 0 Å². The second-order valence-electron chi connectivity index (χ2n) is 5.26. The van der Waals surface area contributed by atoms with Gasteiger partial charge in [-0.3, -0.25) is 9.69 Å². The van der Waals surface area contributed by atoms with Gasteiger partial charge >= 0.3 is 0 Å². The van der Waals surface area contributed by atoms with Crippen LogP contribution in [0.2, 0.25) is 0 Å². The van der Waals surface area contributed by atoms with Crippen molar-refractivity contribution in [2.45, 2.75) is 25.4 Å². The van der Waals surface area contributed by atoms with E-state index in [1.165, 1.54) is 0 Å². The Morgan fingerprint density at radius 3 is 2.89 bits per heavy atom. The van der Waals surface area contributed by atoms with Crippen molar-refractivity contribution in [2.24, 2.45) is 0 Å². The molecule has 1 amide bonds. The van der Waals surface area contributed by atoms with E-state index in [9.17, 15) is 13.2 Å². The van der Waals surface area contributed by atoms with Gasteiger partial charge in [0, 0.05) is 31.7 Å². The third-order valence-corrected chi connectivity index (χ3v) is 5.19. The third kappa shape index (κ3) is 3.93. The molecule has 2 unspecified atom stereocenters. The number of piperazine rings is 1. The Labute approximate surface area is 108 Å². The molecule has 2 aliphatic heterocycles.